The van der Waals surface area contributed by atoms with Crippen LogP contribution in [0, 0.1) is 11.8 Å². The maximum atomic E-state index is 12.0. The van der Waals surface area contributed by atoms with Crippen LogP contribution in [0.3, 0.4) is 0 Å². The Morgan fingerprint density at radius 1 is 1.30 bits per heavy atom. The van der Waals surface area contributed by atoms with Crippen LogP contribution in [0.25, 0.3) is 0 Å². The number of benzene rings is 1. The van der Waals surface area contributed by atoms with Crippen molar-refractivity contribution in [1.82, 2.24) is 0 Å². The number of aliphatic hydroxyl groups is 1. The van der Waals surface area contributed by atoms with Gasteiger partial charge in [-0.1, -0.05) is 17.9 Å². The van der Waals surface area contributed by atoms with Gasteiger partial charge in [0.15, 0.2) is 0 Å². The predicted molar refractivity (Wildman–Crippen MR) is 67.3 cm³/mol. The van der Waals surface area contributed by atoms with Gasteiger partial charge in [-0.3, -0.25) is 0 Å². The maximum Gasteiger partial charge on any atom is 0.411 e. The molecule has 0 atom stereocenters. The molecule has 0 aliphatic rings. The smallest absolute Gasteiger partial charge is 0.411 e. The largest absolute Gasteiger partial charge is 0.495 e. The zero-order valence-corrected chi connectivity index (χ0v) is 11.0. The second-order valence-corrected chi connectivity index (χ2v) is 3.92. The minimum absolute atomic E-state index is 0.0519. The Morgan fingerprint density at radius 3 is 2.65 bits per heavy atom. The Hall–Kier alpha value is -1.71. The minimum atomic E-state index is -4.34. The molecule has 0 spiro atoms. The van der Waals surface area contributed by atoms with E-state index in [1.807, 2.05) is 0 Å². The van der Waals surface area contributed by atoms with Gasteiger partial charge in [0.2, 0.25) is 0 Å². The average Bonchev–Trinajstić information content (AvgIpc) is 2.38. The van der Waals surface area contributed by atoms with Crippen molar-refractivity contribution in [2.45, 2.75) is 19.2 Å². The van der Waals surface area contributed by atoms with Crippen LogP contribution < -0.4 is 4.74 Å². The van der Waals surface area contributed by atoms with E-state index in [1.54, 1.807) is 18.2 Å². The van der Waals surface area contributed by atoms with Gasteiger partial charge in [-0.2, -0.15) is 13.2 Å². The van der Waals surface area contributed by atoms with Crippen LogP contribution in [0.1, 0.15) is 17.5 Å². The van der Waals surface area contributed by atoms with Gasteiger partial charge in [0.05, 0.1) is 25.9 Å². The molecule has 1 N–H and O–H groups in total. The first-order valence-electron chi connectivity index (χ1n) is 5.87. The van der Waals surface area contributed by atoms with E-state index < -0.39 is 12.8 Å². The van der Waals surface area contributed by atoms with Gasteiger partial charge in [-0.05, 0) is 17.7 Å². The molecule has 1 rings (SSSR count). The second kappa shape index (κ2) is 7.78. The average molecular weight is 288 g/mol. The van der Waals surface area contributed by atoms with Crippen LogP contribution in [-0.2, 0) is 11.3 Å². The summed E-state index contributed by atoms with van der Waals surface area (Å²) in [7, 11) is 1.48. The third kappa shape index (κ3) is 5.95. The predicted octanol–water partition coefficient (Wildman–Crippen LogP) is 2.51. The van der Waals surface area contributed by atoms with Crippen LogP contribution in [0.5, 0.6) is 5.75 Å². The van der Waals surface area contributed by atoms with E-state index in [2.05, 4.69) is 16.6 Å². The molecule has 0 unspecified atom stereocenters. The van der Waals surface area contributed by atoms with E-state index in [1.165, 1.54) is 7.11 Å². The van der Waals surface area contributed by atoms with Crippen molar-refractivity contribution in [2.24, 2.45) is 0 Å². The third-order valence-electron chi connectivity index (χ3n) is 2.26. The summed E-state index contributed by atoms with van der Waals surface area (Å²) in [5.74, 6) is 6.06. The molecule has 0 fully saturated rings. The summed E-state index contributed by atoms with van der Waals surface area (Å²) in [5, 5.41) is 8.66. The summed E-state index contributed by atoms with van der Waals surface area (Å²) in [6, 6.07) is 4.85. The molecule has 20 heavy (non-hydrogen) atoms. The summed E-state index contributed by atoms with van der Waals surface area (Å²) < 4.78 is 45.6. The fourth-order valence-corrected chi connectivity index (χ4v) is 1.44. The first-order chi connectivity index (χ1) is 9.46. The molecule has 0 saturated carbocycles. The summed E-state index contributed by atoms with van der Waals surface area (Å²) >= 11 is 0. The van der Waals surface area contributed by atoms with Gasteiger partial charge >= 0.3 is 6.18 Å². The zero-order valence-electron chi connectivity index (χ0n) is 11.0. The van der Waals surface area contributed by atoms with Crippen molar-refractivity contribution >= 4 is 0 Å². The Morgan fingerprint density at radius 2 is 2.05 bits per heavy atom. The standard InChI is InChI=1S/C14H15F3O3/c1-19-13-6-5-11(9-20-10-14(15,16)17)8-12(13)4-2-3-7-18/h5-6,8,18H,3,7,9-10H2,1H3. The highest BCUT2D eigenvalue weighted by Gasteiger charge is 2.27. The molecule has 1 aromatic carbocycles. The molecular formula is C14H15F3O3. The summed E-state index contributed by atoms with van der Waals surface area (Å²) in [6.45, 7) is -1.49. The summed E-state index contributed by atoms with van der Waals surface area (Å²) in [6.07, 6.45) is -4.02. The molecule has 0 aromatic heterocycles. The van der Waals surface area contributed by atoms with Crippen LogP contribution in [0.2, 0.25) is 0 Å². The Kier molecular flexibility index (Phi) is 6.36. The minimum Gasteiger partial charge on any atom is -0.495 e. The number of alkyl halides is 3. The number of methoxy groups -OCH3 is 1. The van der Waals surface area contributed by atoms with Crippen LogP contribution in [-0.4, -0.2) is 31.6 Å². The molecule has 6 heteroatoms. The number of hydrogen-bond acceptors (Lipinski definition) is 3. The molecule has 0 amide bonds. The molecule has 110 valence electrons. The van der Waals surface area contributed by atoms with Crippen molar-refractivity contribution in [3.63, 3.8) is 0 Å². The maximum absolute atomic E-state index is 12.0. The van der Waals surface area contributed by atoms with Crippen LogP contribution in [0.4, 0.5) is 13.2 Å². The molecular weight excluding hydrogens is 273 g/mol. The highest BCUT2D eigenvalue weighted by Crippen LogP contribution is 2.20. The van der Waals surface area contributed by atoms with Crippen LogP contribution in [0.15, 0.2) is 18.2 Å². The fourth-order valence-electron chi connectivity index (χ4n) is 1.44. The van der Waals surface area contributed by atoms with Crippen molar-refractivity contribution < 1.29 is 27.8 Å². The van der Waals surface area contributed by atoms with Crippen LogP contribution >= 0.6 is 0 Å². The van der Waals surface area contributed by atoms with Gasteiger partial charge < -0.3 is 14.6 Å². The Bertz CT molecular complexity index is 487. The lowest BCUT2D eigenvalue weighted by atomic mass is 10.1. The second-order valence-electron chi connectivity index (χ2n) is 3.92. The highest BCUT2D eigenvalue weighted by atomic mass is 19.4. The molecule has 0 bridgehead atoms. The number of aliphatic hydroxyl groups excluding tert-OH is 1. The number of halogens is 3. The van der Waals surface area contributed by atoms with Crippen molar-refractivity contribution in [2.75, 3.05) is 20.3 Å². The van der Waals surface area contributed by atoms with Crippen molar-refractivity contribution in [1.29, 1.82) is 0 Å². The zero-order chi connectivity index (χ0) is 15.0. The topological polar surface area (TPSA) is 38.7 Å². The van der Waals surface area contributed by atoms with Gasteiger partial charge in [-0.25, -0.2) is 0 Å². The Labute approximate surface area is 115 Å². The Balaban J connectivity index is 2.74. The monoisotopic (exact) mass is 288 g/mol. The molecule has 1 aromatic rings. The summed E-state index contributed by atoms with van der Waals surface area (Å²) in [5.41, 5.74) is 1.12. The fraction of sp³-hybridized carbons (Fsp3) is 0.429. The quantitative estimate of drug-likeness (QED) is 0.846. The lowest BCUT2D eigenvalue weighted by molar-refractivity contribution is -0.176. The van der Waals surface area contributed by atoms with E-state index in [0.717, 1.165) is 0 Å². The number of rotatable bonds is 5. The molecule has 0 aliphatic heterocycles. The van der Waals surface area contributed by atoms with Crippen molar-refractivity contribution in [3.8, 4) is 17.6 Å². The molecule has 0 heterocycles. The lowest BCUT2D eigenvalue weighted by Crippen LogP contribution is -2.16. The van der Waals surface area contributed by atoms with Gasteiger partial charge in [0.25, 0.3) is 0 Å². The van der Waals surface area contributed by atoms with E-state index in [-0.39, 0.29) is 13.2 Å². The van der Waals surface area contributed by atoms with Gasteiger partial charge in [-0.15, -0.1) is 0 Å². The SMILES string of the molecule is COc1ccc(COCC(F)(F)F)cc1C#CCCO. The summed E-state index contributed by atoms with van der Waals surface area (Å²) in [4.78, 5) is 0. The molecule has 0 aliphatic carbocycles. The van der Waals surface area contributed by atoms with E-state index in [4.69, 9.17) is 9.84 Å². The van der Waals surface area contributed by atoms with E-state index in [0.29, 0.717) is 23.3 Å². The van der Waals surface area contributed by atoms with Gasteiger partial charge in [0.1, 0.15) is 12.4 Å². The lowest BCUT2D eigenvalue weighted by Gasteiger charge is -2.09. The van der Waals surface area contributed by atoms with Gasteiger partial charge in [0, 0.05) is 6.42 Å². The third-order valence-corrected chi connectivity index (χ3v) is 2.26. The molecule has 0 saturated heterocycles. The number of hydrogen-bond donors (Lipinski definition) is 1. The van der Waals surface area contributed by atoms with E-state index >= 15 is 0 Å². The van der Waals surface area contributed by atoms with E-state index in [9.17, 15) is 13.2 Å². The first kappa shape index (κ1) is 16.3. The first-order valence-corrected chi connectivity index (χ1v) is 5.87. The number of ether oxygens (including phenoxy) is 2. The van der Waals surface area contributed by atoms with Crippen molar-refractivity contribution in [3.05, 3.63) is 29.3 Å². The normalized spacial score (nSPS) is 10.8. The molecule has 0 radical (unpaired) electrons. The highest BCUT2D eigenvalue weighted by molar-refractivity contribution is 5.48. The molecule has 3 nitrogen and oxygen atoms in total.